The van der Waals surface area contributed by atoms with Gasteiger partial charge < -0.3 is 14.4 Å². The first-order valence-electron chi connectivity index (χ1n) is 9.69. The third-order valence-corrected chi connectivity index (χ3v) is 4.88. The van der Waals surface area contributed by atoms with Gasteiger partial charge in [-0.3, -0.25) is 9.59 Å². The predicted octanol–water partition coefficient (Wildman–Crippen LogP) is 4.10. The molecule has 2 aromatic carbocycles. The highest BCUT2D eigenvalue weighted by Gasteiger charge is 2.20. The Kier molecular flexibility index (Phi) is 5.63. The van der Waals surface area contributed by atoms with E-state index in [2.05, 4.69) is 15.5 Å². The summed E-state index contributed by atoms with van der Waals surface area (Å²) in [6.07, 6.45) is 0. The van der Waals surface area contributed by atoms with E-state index in [0.717, 1.165) is 17.7 Å². The Hall–Kier alpha value is -4.14. The van der Waals surface area contributed by atoms with Crippen molar-refractivity contribution in [1.82, 2.24) is 14.7 Å². The van der Waals surface area contributed by atoms with E-state index < -0.39 is 23.1 Å². The Labute approximate surface area is 181 Å². The van der Waals surface area contributed by atoms with Crippen LogP contribution in [0.25, 0.3) is 22.8 Å². The third kappa shape index (κ3) is 4.18. The van der Waals surface area contributed by atoms with Crippen molar-refractivity contribution in [3.63, 3.8) is 0 Å². The molecule has 32 heavy (non-hydrogen) atoms. The van der Waals surface area contributed by atoms with Gasteiger partial charge in [-0.1, -0.05) is 35.5 Å². The molecule has 0 bridgehead atoms. The molecule has 0 saturated heterocycles. The fourth-order valence-electron chi connectivity index (χ4n) is 3.34. The summed E-state index contributed by atoms with van der Waals surface area (Å²) in [5.41, 5.74) is 1.35. The molecule has 0 aliphatic rings. The van der Waals surface area contributed by atoms with Gasteiger partial charge in [0.15, 0.2) is 0 Å². The summed E-state index contributed by atoms with van der Waals surface area (Å²) in [6.45, 7) is 3.02. The number of aromatic nitrogens is 3. The summed E-state index contributed by atoms with van der Waals surface area (Å²) >= 11 is 0. The molecule has 0 atom stereocenters. The standard InChI is InChI=1S/C23H18F2N4O3/c1-13-10-14(2)29(12-19(30)26-18-9-8-16(24)11-17(18)25)23(31)20(13)22-27-21(28-32-22)15-6-4-3-5-7-15/h3-11H,12H2,1-2H3,(H,26,30). The molecule has 2 aromatic heterocycles. The second-order valence-electron chi connectivity index (χ2n) is 7.20. The largest absolute Gasteiger partial charge is 0.333 e. The highest BCUT2D eigenvalue weighted by Crippen LogP contribution is 2.23. The van der Waals surface area contributed by atoms with Gasteiger partial charge in [0.2, 0.25) is 11.7 Å². The van der Waals surface area contributed by atoms with Crippen LogP contribution in [0.15, 0.2) is 63.9 Å². The van der Waals surface area contributed by atoms with Crippen molar-refractivity contribution in [2.75, 3.05) is 5.32 Å². The molecule has 7 nitrogen and oxygen atoms in total. The SMILES string of the molecule is Cc1cc(C)n(CC(=O)Nc2ccc(F)cc2F)c(=O)c1-c1nc(-c2ccccc2)no1. The number of nitrogens with one attached hydrogen (secondary N) is 1. The fraction of sp³-hybridized carbons (Fsp3) is 0.130. The Balaban J connectivity index is 1.65. The number of carbonyl (C=O) groups is 1. The summed E-state index contributed by atoms with van der Waals surface area (Å²) < 4.78 is 33.5. The highest BCUT2D eigenvalue weighted by atomic mass is 19.1. The van der Waals surface area contributed by atoms with Crippen molar-refractivity contribution in [2.45, 2.75) is 20.4 Å². The van der Waals surface area contributed by atoms with Gasteiger partial charge in [0, 0.05) is 17.3 Å². The van der Waals surface area contributed by atoms with Crippen LogP contribution >= 0.6 is 0 Å². The second-order valence-corrected chi connectivity index (χ2v) is 7.20. The number of nitrogens with zero attached hydrogens (tertiary/aromatic N) is 3. The molecular weight excluding hydrogens is 418 g/mol. The van der Waals surface area contributed by atoms with Crippen LogP contribution in [0.2, 0.25) is 0 Å². The topological polar surface area (TPSA) is 90.0 Å². The third-order valence-electron chi connectivity index (χ3n) is 4.88. The van der Waals surface area contributed by atoms with Crippen LogP contribution < -0.4 is 10.9 Å². The van der Waals surface area contributed by atoms with Crippen molar-refractivity contribution in [2.24, 2.45) is 0 Å². The van der Waals surface area contributed by atoms with Crippen LogP contribution in [0, 0.1) is 25.5 Å². The molecule has 2 heterocycles. The zero-order chi connectivity index (χ0) is 22.8. The average Bonchev–Trinajstić information content (AvgIpc) is 3.23. The Bertz CT molecular complexity index is 1360. The second kappa shape index (κ2) is 8.54. The van der Waals surface area contributed by atoms with Gasteiger partial charge in [-0.25, -0.2) is 8.78 Å². The van der Waals surface area contributed by atoms with Crippen LogP contribution in [0.5, 0.6) is 0 Å². The Morgan fingerprint density at radius 3 is 2.56 bits per heavy atom. The van der Waals surface area contributed by atoms with Gasteiger partial charge in [0.1, 0.15) is 23.7 Å². The van der Waals surface area contributed by atoms with Gasteiger partial charge in [-0.2, -0.15) is 4.98 Å². The number of benzene rings is 2. The number of aryl methyl sites for hydroxylation is 2. The number of rotatable bonds is 5. The van der Waals surface area contributed by atoms with Crippen molar-refractivity contribution in [3.8, 4) is 22.8 Å². The molecule has 4 rings (SSSR count). The van der Waals surface area contributed by atoms with Crippen LogP contribution in [0.3, 0.4) is 0 Å². The predicted molar refractivity (Wildman–Crippen MR) is 114 cm³/mol. The van der Waals surface area contributed by atoms with E-state index in [1.54, 1.807) is 19.9 Å². The van der Waals surface area contributed by atoms with E-state index in [1.807, 2.05) is 30.3 Å². The summed E-state index contributed by atoms with van der Waals surface area (Å²) in [7, 11) is 0. The first-order chi connectivity index (χ1) is 15.3. The van der Waals surface area contributed by atoms with E-state index in [-0.39, 0.29) is 23.7 Å². The quantitative estimate of drug-likeness (QED) is 0.509. The average molecular weight is 436 g/mol. The molecule has 0 aliphatic carbocycles. The van der Waals surface area contributed by atoms with E-state index in [0.29, 0.717) is 23.1 Å². The Morgan fingerprint density at radius 1 is 1.09 bits per heavy atom. The number of hydrogen-bond donors (Lipinski definition) is 1. The van der Waals surface area contributed by atoms with E-state index in [1.165, 1.54) is 4.57 Å². The molecule has 0 radical (unpaired) electrons. The molecule has 162 valence electrons. The minimum Gasteiger partial charge on any atom is -0.333 e. The van der Waals surface area contributed by atoms with Crippen molar-refractivity contribution < 1.29 is 18.1 Å². The van der Waals surface area contributed by atoms with Gasteiger partial charge in [0.25, 0.3) is 11.4 Å². The first kappa shape index (κ1) is 21.1. The van der Waals surface area contributed by atoms with E-state index >= 15 is 0 Å². The number of pyridine rings is 1. The van der Waals surface area contributed by atoms with Crippen LogP contribution in [0.1, 0.15) is 11.3 Å². The maximum atomic E-state index is 13.8. The van der Waals surface area contributed by atoms with Crippen LogP contribution in [-0.2, 0) is 11.3 Å². The lowest BCUT2D eigenvalue weighted by Crippen LogP contribution is -2.31. The normalized spacial score (nSPS) is 10.9. The molecule has 1 N–H and O–H groups in total. The summed E-state index contributed by atoms with van der Waals surface area (Å²) in [5, 5.41) is 6.29. The molecule has 1 amide bonds. The number of halogens is 2. The first-order valence-corrected chi connectivity index (χ1v) is 9.69. The number of amides is 1. The van der Waals surface area contributed by atoms with Gasteiger partial charge >= 0.3 is 0 Å². The van der Waals surface area contributed by atoms with Crippen molar-refractivity contribution >= 4 is 11.6 Å². The maximum Gasteiger partial charge on any atom is 0.264 e. The van der Waals surface area contributed by atoms with Gasteiger partial charge in [0.05, 0.1) is 5.69 Å². The van der Waals surface area contributed by atoms with Crippen LogP contribution in [0.4, 0.5) is 14.5 Å². The maximum absolute atomic E-state index is 13.8. The highest BCUT2D eigenvalue weighted by molar-refractivity contribution is 5.90. The monoisotopic (exact) mass is 436 g/mol. The molecule has 0 saturated carbocycles. The van der Waals surface area contributed by atoms with Gasteiger partial charge in [-0.15, -0.1) is 0 Å². The lowest BCUT2D eigenvalue weighted by atomic mass is 10.1. The van der Waals surface area contributed by atoms with Crippen LogP contribution in [-0.4, -0.2) is 20.6 Å². The number of hydrogen-bond acceptors (Lipinski definition) is 5. The Morgan fingerprint density at radius 2 is 1.84 bits per heavy atom. The smallest absolute Gasteiger partial charge is 0.264 e. The lowest BCUT2D eigenvalue weighted by molar-refractivity contribution is -0.116. The molecule has 0 spiro atoms. The number of anilines is 1. The molecule has 0 aliphatic heterocycles. The minimum absolute atomic E-state index is 0.0325. The minimum atomic E-state index is -0.911. The lowest BCUT2D eigenvalue weighted by Gasteiger charge is -2.13. The van der Waals surface area contributed by atoms with E-state index in [4.69, 9.17) is 4.52 Å². The van der Waals surface area contributed by atoms with Crippen molar-refractivity contribution in [1.29, 1.82) is 0 Å². The summed E-state index contributed by atoms with van der Waals surface area (Å²) in [6, 6.07) is 13.7. The molecule has 9 heteroatoms. The zero-order valence-electron chi connectivity index (χ0n) is 17.2. The van der Waals surface area contributed by atoms with E-state index in [9.17, 15) is 18.4 Å². The molecular formula is C23H18F2N4O3. The zero-order valence-corrected chi connectivity index (χ0v) is 17.2. The molecule has 0 fully saturated rings. The number of carbonyl (C=O) groups excluding carboxylic acids is 1. The van der Waals surface area contributed by atoms with Crippen molar-refractivity contribution in [3.05, 3.63) is 87.8 Å². The molecule has 4 aromatic rings. The fourth-order valence-corrected chi connectivity index (χ4v) is 3.34. The summed E-state index contributed by atoms with van der Waals surface area (Å²) in [4.78, 5) is 30.0. The van der Waals surface area contributed by atoms with Gasteiger partial charge in [-0.05, 0) is 37.6 Å². The molecule has 0 unspecified atom stereocenters. The summed E-state index contributed by atoms with van der Waals surface area (Å²) in [5.74, 6) is -1.95.